The van der Waals surface area contributed by atoms with Crippen molar-refractivity contribution in [1.29, 1.82) is 0 Å². The van der Waals surface area contributed by atoms with Gasteiger partial charge in [-0.15, -0.1) is 0 Å². The molecule has 0 saturated carbocycles. The molecular weight excluding hydrogens is 235 g/mol. The van der Waals surface area contributed by atoms with Crippen LogP contribution in [0.15, 0.2) is 24.3 Å². The highest BCUT2D eigenvalue weighted by atomic mass is 19.1. The molecule has 0 amide bonds. The van der Waals surface area contributed by atoms with E-state index in [1.165, 1.54) is 13.2 Å². The maximum atomic E-state index is 13.6. The van der Waals surface area contributed by atoms with Crippen molar-refractivity contribution in [1.82, 2.24) is 9.97 Å². The third-order valence-corrected chi connectivity index (χ3v) is 2.49. The molecule has 0 atom stereocenters. The molecule has 0 fully saturated rings. The van der Waals surface area contributed by atoms with Gasteiger partial charge in [-0.1, -0.05) is 0 Å². The van der Waals surface area contributed by atoms with Crippen LogP contribution in [0, 0.1) is 12.7 Å². The van der Waals surface area contributed by atoms with Gasteiger partial charge in [-0.3, -0.25) is 0 Å². The van der Waals surface area contributed by atoms with Crippen molar-refractivity contribution < 1.29 is 14.2 Å². The van der Waals surface area contributed by atoms with E-state index in [2.05, 4.69) is 9.97 Å². The van der Waals surface area contributed by atoms with Gasteiger partial charge in [0, 0.05) is 11.3 Å². The van der Waals surface area contributed by atoms with Gasteiger partial charge >= 0.3 is 0 Å². The quantitative estimate of drug-likeness (QED) is 0.903. The van der Waals surface area contributed by atoms with Gasteiger partial charge in [0.1, 0.15) is 6.61 Å². The van der Waals surface area contributed by atoms with Crippen LogP contribution in [-0.2, 0) is 6.61 Å². The highest BCUT2D eigenvalue weighted by Crippen LogP contribution is 2.24. The highest BCUT2D eigenvalue weighted by molar-refractivity contribution is 5.60. The van der Waals surface area contributed by atoms with Gasteiger partial charge in [0.25, 0.3) is 0 Å². The molecule has 1 aromatic carbocycles. The number of methoxy groups -OCH3 is 1. The number of aryl methyl sites for hydroxylation is 1. The Bertz CT molecular complexity index is 573. The normalized spacial score (nSPS) is 10.4. The monoisotopic (exact) mass is 248 g/mol. The average Bonchev–Trinajstić information content (AvgIpc) is 2.37. The van der Waals surface area contributed by atoms with Crippen LogP contribution in [0.1, 0.15) is 11.5 Å². The van der Waals surface area contributed by atoms with E-state index in [4.69, 9.17) is 9.84 Å². The number of benzene rings is 1. The van der Waals surface area contributed by atoms with Gasteiger partial charge < -0.3 is 9.84 Å². The molecule has 18 heavy (non-hydrogen) atoms. The van der Waals surface area contributed by atoms with Gasteiger partial charge in [-0.05, 0) is 31.2 Å². The molecule has 1 N–H and O–H groups in total. The third-order valence-electron chi connectivity index (χ3n) is 2.49. The lowest BCUT2D eigenvalue weighted by Gasteiger charge is -2.07. The number of rotatable bonds is 3. The van der Waals surface area contributed by atoms with Crippen LogP contribution >= 0.6 is 0 Å². The Morgan fingerprint density at radius 3 is 2.67 bits per heavy atom. The van der Waals surface area contributed by atoms with E-state index in [1.54, 1.807) is 25.1 Å². The van der Waals surface area contributed by atoms with Crippen molar-refractivity contribution in [2.45, 2.75) is 13.5 Å². The van der Waals surface area contributed by atoms with E-state index in [1.807, 2.05) is 0 Å². The summed E-state index contributed by atoms with van der Waals surface area (Å²) in [5.41, 5.74) is 1.92. The van der Waals surface area contributed by atoms with Crippen molar-refractivity contribution in [2.75, 3.05) is 7.11 Å². The third kappa shape index (κ3) is 2.46. The molecule has 2 rings (SSSR count). The molecular formula is C13H13FN2O2. The Morgan fingerprint density at radius 2 is 2.06 bits per heavy atom. The van der Waals surface area contributed by atoms with E-state index < -0.39 is 5.82 Å². The molecule has 1 heterocycles. The van der Waals surface area contributed by atoms with Crippen LogP contribution in [0.5, 0.6) is 5.75 Å². The fourth-order valence-electron chi connectivity index (χ4n) is 1.67. The first-order valence-electron chi connectivity index (χ1n) is 5.43. The minimum absolute atomic E-state index is 0.187. The molecule has 0 aliphatic heterocycles. The first kappa shape index (κ1) is 12.4. The topological polar surface area (TPSA) is 55.2 Å². The Balaban J connectivity index is 2.48. The van der Waals surface area contributed by atoms with Crippen molar-refractivity contribution in [3.05, 3.63) is 41.6 Å². The molecule has 5 heteroatoms. The first-order valence-corrected chi connectivity index (χ1v) is 5.43. The molecule has 1 aromatic heterocycles. The maximum absolute atomic E-state index is 13.6. The Kier molecular flexibility index (Phi) is 3.53. The number of aliphatic hydroxyl groups excluding tert-OH is 1. The fourth-order valence-corrected chi connectivity index (χ4v) is 1.67. The van der Waals surface area contributed by atoms with Crippen molar-refractivity contribution in [3.63, 3.8) is 0 Å². The van der Waals surface area contributed by atoms with E-state index in [0.29, 0.717) is 17.1 Å². The standard InChI is InChI=1S/C13H13FN2O2/c1-8-5-11(16-13(7-17)15-8)9-3-4-12(18-2)10(14)6-9/h3-6,17H,7H2,1-2H3. The van der Waals surface area contributed by atoms with Gasteiger partial charge in [0.05, 0.1) is 12.8 Å². The predicted octanol–water partition coefficient (Wildman–Crippen LogP) is 2.09. The molecule has 0 aliphatic rings. The van der Waals surface area contributed by atoms with Crippen molar-refractivity contribution in [2.24, 2.45) is 0 Å². The number of halogens is 1. The minimum Gasteiger partial charge on any atom is -0.494 e. The summed E-state index contributed by atoms with van der Waals surface area (Å²) in [6.45, 7) is 1.55. The van der Waals surface area contributed by atoms with Gasteiger partial charge in [-0.25, -0.2) is 14.4 Å². The first-order chi connectivity index (χ1) is 8.63. The molecule has 4 nitrogen and oxygen atoms in total. The molecule has 94 valence electrons. The number of aromatic nitrogens is 2. The summed E-state index contributed by atoms with van der Waals surface area (Å²) in [4.78, 5) is 8.20. The van der Waals surface area contributed by atoms with Crippen LogP contribution in [0.2, 0.25) is 0 Å². The van der Waals surface area contributed by atoms with E-state index in [-0.39, 0.29) is 12.4 Å². The molecule has 0 unspecified atom stereocenters. The van der Waals surface area contributed by atoms with Crippen molar-refractivity contribution in [3.8, 4) is 17.0 Å². The lowest BCUT2D eigenvalue weighted by atomic mass is 10.1. The smallest absolute Gasteiger partial charge is 0.165 e. The van der Waals surface area contributed by atoms with Crippen molar-refractivity contribution >= 4 is 0 Å². The molecule has 0 saturated heterocycles. The minimum atomic E-state index is -0.447. The number of aliphatic hydroxyl groups is 1. The van der Waals surface area contributed by atoms with Crippen LogP contribution in [-0.4, -0.2) is 22.2 Å². The van der Waals surface area contributed by atoms with Crippen LogP contribution < -0.4 is 4.74 Å². The van der Waals surface area contributed by atoms with Crippen LogP contribution in [0.4, 0.5) is 4.39 Å². The van der Waals surface area contributed by atoms with Crippen LogP contribution in [0.25, 0.3) is 11.3 Å². The molecule has 2 aromatic rings. The molecule has 0 spiro atoms. The second-order valence-electron chi connectivity index (χ2n) is 3.82. The lowest BCUT2D eigenvalue weighted by Crippen LogP contribution is -1.99. The Hall–Kier alpha value is -2.01. The zero-order chi connectivity index (χ0) is 13.1. The number of nitrogens with zero attached hydrogens (tertiary/aromatic N) is 2. The van der Waals surface area contributed by atoms with E-state index in [0.717, 1.165) is 5.69 Å². The second kappa shape index (κ2) is 5.10. The molecule has 0 bridgehead atoms. The Labute approximate surface area is 104 Å². The molecule has 0 aliphatic carbocycles. The fraction of sp³-hybridized carbons (Fsp3) is 0.231. The summed E-state index contributed by atoms with van der Waals surface area (Å²) in [6, 6.07) is 6.34. The van der Waals surface area contributed by atoms with E-state index >= 15 is 0 Å². The number of hydrogen-bond donors (Lipinski definition) is 1. The maximum Gasteiger partial charge on any atom is 0.165 e. The zero-order valence-electron chi connectivity index (χ0n) is 10.1. The van der Waals surface area contributed by atoms with E-state index in [9.17, 15) is 4.39 Å². The SMILES string of the molecule is COc1ccc(-c2cc(C)nc(CO)n2)cc1F. The summed E-state index contributed by atoms with van der Waals surface area (Å²) in [5.74, 6) is 0.0601. The van der Waals surface area contributed by atoms with Crippen LogP contribution in [0.3, 0.4) is 0 Å². The largest absolute Gasteiger partial charge is 0.494 e. The molecule has 0 radical (unpaired) electrons. The highest BCUT2D eigenvalue weighted by Gasteiger charge is 2.08. The van der Waals surface area contributed by atoms with Gasteiger partial charge in [-0.2, -0.15) is 0 Å². The Morgan fingerprint density at radius 1 is 1.28 bits per heavy atom. The van der Waals surface area contributed by atoms with Gasteiger partial charge in [0.2, 0.25) is 0 Å². The lowest BCUT2D eigenvalue weighted by molar-refractivity contribution is 0.271. The number of ether oxygens (including phenoxy) is 1. The summed E-state index contributed by atoms with van der Waals surface area (Å²) in [5, 5.41) is 9.05. The predicted molar refractivity (Wildman–Crippen MR) is 64.6 cm³/mol. The summed E-state index contributed by atoms with van der Waals surface area (Å²) in [6.07, 6.45) is 0. The summed E-state index contributed by atoms with van der Waals surface area (Å²) in [7, 11) is 1.41. The number of hydrogen-bond acceptors (Lipinski definition) is 4. The zero-order valence-corrected chi connectivity index (χ0v) is 10.1. The second-order valence-corrected chi connectivity index (χ2v) is 3.82. The summed E-state index contributed by atoms with van der Waals surface area (Å²) < 4.78 is 18.5. The summed E-state index contributed by atoms with van der Waals surface area (Å²) >= 11 is 0. The average molecular weight is 248 g/mol. The van der Waals surface area contributed by atoms with Gasteiger partial charge in [0.15, 0.2) is 17.4 Å².